The average Bonchev–Trinajstić information content (AvgIpc) is 2.38. The molecule has 0 unspecified atom stereocenters. The molecule has 0 fully saturated rings. The Kier molecular flexibility index (Phi) is 3.56. The van der Waals surface area contributed by atoms with Crippen molar-refractivity contribution in [3.05, 3.63) is 59.7 Å². The second-order valence-corrected chi connectivity index (χ2v) is 5.75. The number of hydrogen-bond acceptors (Lipinski definition) is 0. The predicted molar refractivity (Wildman–Crippen MR) is 78.8 cm³/mol. The molecule has 0 heteroatoms. The summed E-state index contributed by atoms with van der Waals surface area (Å²) in [4.78, 5) is 0. The summed E-state index contributed by atoms with van der Waals surface area (Å²) in [5.41, 5.74) is 5.46. The van der Waals surface area contributed by atoms with Gasteiger partial charge in [-0.2, -0.15) is 0 Å². The van der Waals surface area contributed by atoms with Crippen molar-refractivity contribution in [2.45, 2.75) is 39.5 Å². The van der Waals surface area contributed by atoms with E-state index in [0.29, 0.717) is 0 Å². The van der Waals surface area contributed by atoms with Gasteiger partial charge in [0.15, 0.2) is 0 Å². The van der Waals surface area contributed by atoms with Crippen LogP contribution in [0.5, 0.6) is 0 Å². The van der Waals surface area contributed by atoms with E-state index in [2.05, 4.69) is 70.2 Å². The minimum absolute atomic E-state index is 0.186. The van der Waals surface area contributed by atoms with Crippen molar-refractivity contribution in [2.75, 3.05) is 0 Å². The van der Waals surface area contributed by atoms with Gasteiger partial charge in [-0.15, -0.1) is 0 Å². The third-order valence-electron chi connectivity index (χ3n) is 3.36. The lowest BCUT2D eigenvalue weighted by atomic mass is 9.85. The van der Waals surface area contributed by atoms with Gasteiger partial charge in [-0.25, -0.2) is 0 Å². The minimum atomic E-state index is 0.186. The molecular weight excluding hydrogens is 216 g/mol. The van der Waals surface area contributed by atoms with Gasteiger partial charge in [-0.05, 0) is 46.2 Å². The number of rotatable bonds is 2. The molecule has 0 spiro atoms. The lowest BCUT2D eigenvalue weighted by Crippen LogP contribution is -2.10. The fraction of sp³-hybridized carbons (Fsp3) is 0.333. The fourth-order valence-electron chi connectivity index (χ4n) is 2.18. The lowest BCUT2D eigenvalue weighted by molar-refractivity contribution is 0.590. The molecule has 0 bridgehead atoms. The van der Waals surface area contributed by atoms with Crippen molar-refractivity contribution in [3.63, 3.8) is 0 Å². The van der Waals surface area contributed by atoms with Crippen molar-refractivity contribution in [2.24, 2.45) is 0 Å². The topological polar surface area (TPSA) is 0 Å². The summed E-state index contributed by atoms with van der Waals surface area (Å²) >= 11 is 0. The molecule has 1 radical (unpaired) electrons. The van der Waals surface area contributed by atoms with E-state index in [0.717, 1.165) is 6.42 Å². The van der Waals surface area contributed by atoms with Crippen molar-refractivity contribution >= 4 is 0 Å². The SMILES string of the molecule is CCc1ccccc1-c1[c]ccc(C(C)(C)C)c1. The summed E-state index contributed by atoms with van der Waals surface area (Å²) in [7, 11) is 0. The third kappa shape index (κ3) is 2.64. The molecule has 0 aliphatic heterocycles. The maximum atomic E-state index is 3.37. The van der Waals surface area contributed by atoms with Gasteiger partial charge in [-0.3, -0.25) is 0 Å². The van der Waals surface area contributed by atoms with E-state index in [9.17, 15) is 0 Å². The Morgan fingerprint density at radius 2 is 1.78 bits per heavy atom. The Bertz CT molecular complexity index is 530. The highest BCUT2D eigenvalue weighted by atomic mass is 14.2. The molecule has 0 atom stereocenters. The van der Waals surface area contributed by atoms with E-state index in [4.69, 9.17) is 0 Å². The fourth-order valence-corrected chi connectivity index (χ4v) is 2.18. The van der Waals surface area contributed by atoms with Gasteiger partial charge in [0.2, 0.25) is 0 Å². The zero-order valence-electron chi connectivity index (χ0n) is 11.7. The molecule has 2 rings (SSSR count). The second kappa shape index (κ2) is 4.97. The Morgan fingerprint density at radius 1 is 1.06 bits per heavy atom. The van der Waals surface area contributed by atoms with Crippen molar-refractivity contribution < 1.29 is 0 Å². The Morgan fingerprint density at radius 3 is 2.44 bits per heavy atom. The molecular formula is C18H21. The van der Waals surface area contributed by atoms with Crippen LogP contribution in [0.25, 0.3) is 11.1 Å². The van der Waals surface area contributed by atoms with E-state index in [1.54, 1.807) is 0 Å². The minimum Gasteiger partial charge on any atom is -0.0620 e. The van der Waals surface area contributed by atoms with E-state index < -0.39 is 0 Å². The molecule has 0 aromatic heterocycles. The smallest absolute Gasteiger partial charge is 0.00989 e. The van der Waals surface area contributed by atoms with Gasteiger partial charge < -0.3 is 0 Å². The molecule has 0 heterocycles. The highest BCUT2D eigenvalue weighted by Gasteiger charge is 2.14. The van der Waals surface area contributed by atoms with Crippen molar-refractivity contribution in [1.29, 1.82) is 0 Å². The van der Waals surface area contributed by atoms with Gasteiger partial charge in [0.25, 0.3) is 0 Å². The van der Waals surface area contributed by atoms with Crippen LogP contribution in [0.4, 0.5) is 0 Å². The normalized spacial score (nSPS) is 11.6. The van der Waals surface area contributed by atoms with E-state index in [1.165, 1.54) is 22.3 Å². The van der Waals surface area contributed by atoms with Crippen molar-refractivity contribution in [3.8, 4) is 11.1 Å². The molecule has 0 N–H and O–H groups in total. The molecule has 93 valence electrons. The van der Waals surface area contributed by atoms with Gasteiger partial charge >= 0.3 is 0 Å². The molecule has 0 amide bonds. The van der Waals surface area contributed by atoms with Crippen molar-refractivity contribution in [1.82, 2.24) is 0 Å². The number of hydrogen-bond donors (Lipinski definition) is 0. The maximum Gasteiger partial charge on any atom is -0.00989 e. The zero-order chi connectivity index (χ0) is 13.2. The first kappa shape index (κ1) is 12.9. The predicted octanol–water partition coefficient (Wildman–Crippen LogP) is 5.01. The summed E-state index contributed by atoms with van der Waals surface area (Å²) in [6.07, 6.45) is 1.06. The first-order valence-corrected chi connectivity index (χ1v) is 6.63. The monoisotopic (exact) mass is 237 g/mol. The quantitative estimate of drug-likeness (QED) is 0.688. The van der Waals surface area contributed by atoms with Crippen LogP contribution in [0.2, 0.25) is 0 Å². The maximum absolute atomic E-state index is 3.37. The summed E-state index contributed by atoms with van der Waals surface area (Å²) in [5.74, 6) is 0. The zero-order valence-corrected chi connectivity index (χ0v) is 11.7. The van der Waals surface area contributed by atoms with Gasteiger partial charge in [0, 0.05) is 0 Å². The van der Waals surface area contributed by atoms with Gasteiger partial charge in [0.05, 0.1) is 0 Å². The first-order chi connectivity index (χ1) is 8.52. The van der Waals surface area contributed by atoms with E-state index >= 15 is 0 Å². The molecule has 2 aromatic carbocycles. The summed E-state index contributed by atoms with van der Waals surface area (Å²) in [6, 6.07) is 18.5. The largest absolute Gasteiger partial charge is 0.0620 e. The number of aryl methyl sites for hydroxylation is 1. The molecule has 0 saturated carbocycles. The standard InChI is InChI=1S/C18H21/c1-5-14-9-6-7-12-17(14)15-10-8-11-16(13-15)18(2,3)4/h6-9,11-13H,5H2,1-4H3. The molecule has 18 heavy (non-hydrogen) atoms. The third-order valence-corrected chi connectivity index (χ3v) is 3.36. The first-order valence-electron chi connectivity index (χ1n) is 6.63. The molecule has 0 aliphatic rings. The molecule has 2 aromatic rings. The van der Waals surface area contributed by atoms with Crippen LogP contribution in [0.3, 0.4) is 0 Å². The van der Waals surface area contributed by atoms with Gasteiger partial charge in [0.1, 0.15) is 0 Å². The molecule has 0 saturated heterocycles. The summed E-state index contributed by atoms with van der Waals surface area (Å²) < 4.78 is 0. The average molecular weight is 237 g/mol. The van der Waals surface area contributed by atoms with Crippen LogP contribution in [0.1, 0.15) is 38.8 Å². The molecule has 0 aliphatic carbocycles. The Hall–Kier alpha value is -1.56. The lowest BCUT2D eigenvalue weighted by Gasteiger charge is -2.20. The molecule has 0 nitrogen and oxygen atoms in total. The summed E-state index contributed by atoms with van der Waals surface area (Å²) in [5, 5.41) is 0. The van der Waals surface area contributed by atoms with Crippen LogP contribution in [0.15, 0.2) is 42.5 Å². The Balaban J connectivity index is 2.51. The highest BCUT2D eigenvalue weighted by Crippen LogP contribution is 2.29. The summed E-state index contributed by atoms with van der Waals surface area (Å²) in [6.45, 7) is 8.94. The number of benzene rings is 2. The van der Waals surface area contributed by atoms with Crippen LogP contribution in [-0.4, -0.2) is 0 Å². The Labute approximate surface area is 111 Å². The second-order valence-electron chi connectivity index (χ2n) is 5.75. The van der Waals surface area contributed by atoms with E-state index in [1.807, 2.05) is 6.07 Å². The van der Waals surface area contributed by atoms with Crippen LogP contribution in [0, 0.1) is 6.07 Å². The van der Waals surface area contributed by atoms with Crippen LogP contribution in [-0.2, 0) is 11.8 Å². The highest BCUT2D eigenvalue weighted by molar-refractivity contribution is 5.67. The van der Waals surface area contributed by atoms with Crippen LogP contribution >= 0.6 is 0 Å². The van der Waals surface area contributed by atoms with Gasteiger partial charge in [-0.1, -0.05) is 64.1 Å². The van der Waals surface area contributed by atoms with Crippen LogP contribution < -0.4 is 0 Å². The van der Waals surface area contributed by atoms with E-state index in [-0.39, 0.29) is 5.41 Å².